The number of thiol groups is 1. The van der Waals surface area contributed by atoms with Crippen molar-refractivity contribution >= 4 is 42.2 Å². The molecule has 3 nitrogen and oxygen atoms in total. The zero-order chi connectivity index (χ0) is 9.84. The van der Waals surface area contributed by atoms with E-state index < -0.39 is 0 Å². The summed E-state index contributed by atoms with van der Waals surface area (Å²) in [6, 6.07) is 8.41. The summed E-state index contributed by atoms with van der Waals surface area (Å²) in [5.74, 6) is 0. The Morgan fingerprint density at radius 1 is 0.929 bits per heavy atom. The fourth-order valence-corrected chi connectivity index (χ4v) is 1.10. The van der Waals surface area contributed by atoms with E-state index in [-0.39, 0.29) is 40.7 Å². The largest absolute Gasteiger partial charge is 0.192 e. The summed E-state index contributed by atoms with van der Waals surface area (Å²) < 4.78 is 0. The van der Waals surface area contributed by atoms with Crippen LogP contribution in [0.25, 0.3) is 0 Å². The fraction of sp³-hybridized carbons (Fsp3) is 0. The third-order valence-corrected chi connectivity index (χ3v) is 1.96. The molecule has 14 heavy (non-hydrogen) atoms. The molecule has 1 rings (SSSR count). The number of benzene rings is 1. The van der Waals surface area contributed by atoms with Crippen LogP contribution in [0.3, 0.4) is 0 Å². The maximum absolute atomic E-state index is 8.64. The molecule has 0 fully saturated rings. The molecule has 0 aliphatic rings. The Labute approximate surface area is 109 Å². The Morgan fingerprint density at radius 2 is 1.36 bits per heavy atom. The van der Waals surface area contributed by atoms with Crippen LogP contribution in [0.1, 0.15) is 16.7 Å². The average molecular weight is 208 g/mol. The molecular formula is C9H3N3NaS. The zero-order valence-electron chi connectivity index (χ0n) is 7.44. The quantitative estimate of drug-likeness (QED) is 0.514. The smallest absolute Gasteiger partial charge is 0.100 e. The molecule has 0 heterocycles. The Bertz CT molecular complexity index is 441. The first-order valence-electron chi connectivity index (χ1n) is 3.30. The molecule has 0 atom stereocenters. The SMILES string of the molecule is N#Cc1cc(C#N)c(S)c(C#N)c1.[Na]. The summed E-state index contributed by atoms with van der Waals surface area (Å²) in [7, 11) is 0. The van der Waals surface area contributed by atoms with Gasteiger partial charge in [0, 0.05) is 34.5 Å². The van der Waals surface area contributed by atoms with Gasteiger partial charge in [0.05, 0.1) is 22.8 Å². The van der Waals surface area contributed by atoms with Crippen molar-refractivity contribution in [1.29, 1.82) is 15.8 Å². The molecule has 0 bridgehead atoms. The van der Waals surface area contributed by atoms with Gasteiger partial charge < -0.3 is 0 Å². The first kappa shape index (κ1) is 13.0. The number of hydrogen-bond acceptors (Lipinski definition) is 4. The molecule has 0 spiro atoms. The summed E-state index contributed by atoms with van der Waals surface area (Å²) in [5.41, 5.74) is 0.795. The van der Waals surface area contributed by atoms with Crippen molar-refractivity contribution in [2.24, 2.45) is 0 Å². The number of hydrogen-bond donors (Lipinski definition) is 1. The molecule has 0 saturated heterocycles. The monoisotopic (exact) mass is 208 g/mol. The van der Waals surface area contributed by atoms with Crippen molar-refractivity contribution in [3.8, 4) is 18.2 Å². The number of nitriles is 3. The second-order valence-corrected chi connectivity index (χ2v) is 2.70. The van der Waals surface area contributed by atoms with Gasteiger partial charge in [0.2, 0.25) is 0 Å². The Morgan fingerprint density at radius 3 is 1.64 bits per heavy atom. The third-order valence-electron chi connectivity index (χ3n) is 1.48. The van der Waals surface area contributed by atoms with Crippen molar-refractivity contribution in [3.63, 3.8) is 0 Å². The maximum atomic E-state index is 8.64. The van der Waals surface area contributed by atoms with Crippen molar-refractivity contribution in [3.05, 3.63) is 28.8 Å². The second-order valence-electron chi connectivity index (χ2n) is 2.26. The molecule has 0 aliphatic heterocycles. The minimum Gasteiger partial charge on any atom is -0.192 e. The van der Waals surface area contributed by atoms with Crippen LogP contribution in [0.5, 0.6) is 0 Å². The molecule has 0 aromatic heterocycles. The summed E-state index contributed by atoms with van der Waals surface area (Å²) in [4.78, 5) is 0.323. The van der Waals surface area contributed by atoms with Gasteiger partial charge in [-0.1, -0.05) is 0 Å². The van der Waals surface area contributed by atoms with E-state index in [4.69, 9.17) is 15.8 Å². The predicted octanol–water partition coefficient (Wildman–Crippen LogP) is 1.21. The normalized spacial score (nSPS) is 7.57. The second kappa shape index (κ2) is 5.70. The summed E-state index contributed by atoms with van der Waals surface area (Å²) >= 11 is 4.00. The Hall–Kier alpha value is -0.960. The van der Waals surface area contributed by atoms with Crippen LogP contribution < -0.4 is 0 Å². The van der Waals surface area contributed by atoms with Gasteiger partial charge in [0.15, 0.2) is 0 Å². The molecule has 1 aromatic rings. The van der Waals surface area contributed by atoms with Gasteiger partial charge in [-0.05, 0) is 12.1 Å². The van der Waals surface area contributed by atoms with E-state index in [1.54, 1.807) is 0 Å². The van der Waals surface area contributed by atoms with Crippen LogP contribution in [-0.4, -0.2) is 29.6 Å². The molecule has 0 unspecified atom stereocenters. The van der Waals surface area contributed by atoms with E-state index in [2.05, 4.69) is 12.6 Å². The fourth-order valence-electron chi connectivity index (χ4n) is 0.869. The molecule has 61 valence electrons. The first-order chi connectivity index (χ1) is 6.22. The van der Waals surface area contributed by atoms with Crippen LogP contribution in [0.4, 0.5) is 0 Å². The van der Waals surface area contributed by atoms with Crippen molar-refractivity contribution < 1.29 is 0 Å². The van der Waals surface area contributed by atoms with Gasteiger partial charge in [0.1, 0.15) is 12.1 Å². The van der Waals surface area contributed by atoms with Gasteiger partial charge in [0.25, 0.3) is 0 Å². The van der Waals surface area contributed by atoms with E-state index in [9.17, 15) is 0 Å². The van der Waals surface area contributed by atoms with Gasteiger partial charge >= 0.3 is 0 Å². The molecule has 1 aromatic carbocycles. The van der Waals surface area contributed by atoms with Crippen LogP contribution in [0.2, 0.25) is 0 Å². The Kier molecular flexibility index (Phi) is 5.31. The van der Waals surface area contributed by atoms with E-state index in [0.29, 0.717) is 10.5 Å². The van der Waals surface area contributed by atoms with Crippen LogP contribution in [0, 0.1) is 34.0 Å². The average Bonchev–Trinajstić information content (AvgIpc) is 2.18. The van der Waals surface area contributed by atoms with Gasteiger partial charge in [-0.25, -0.2) is 0 Å². The van der Waals surface area contributed by atoms with E-state index >= 15 is 0 Å². The summed E-state index contributed by atoms with van der Waals surface area (Å²) in [6.07, 6.45) is 0. The molecule has 0 aliphatic carbocycles. The van der Waals surface area contributed by atoms with Crippen LogP contribution in [-0.2, 0) is 0 Å². The van der Waals surface area contributed by atoms with Crippen molar-refractivity contribution in [1.82, 2.24) is 0 Å². The molecular weight excluding hydrogens is 205 g/mol. The van der Waals surface area contributed by atoms with E-state index in [1.807, 2.05) is 18.2 Å². The standard InChI is InChI=1S/C9H3N3S.Na/c10-3-6-1-7(4-11)9(13)8(2-6)5-12;/h1-2,13H;. The van der Waals surface area contributed by atoms with Crippen LogP contribution in [0.15, 0.2) is 17.0 Å². The molecule has 0 amide bonds. The molecule has 0 N–H and O–H groups in total. The molecule has 5 heteroatoms. The maximum Gasteiger partial charge on any atom is 0.100 e. The van der Waals surface area contributed by atoms with Gasteiger partial charge in [-0.3, -0.25) is 0 Å². The molecule has 1 radical (unpaired) electrons. The molecule has 0 saturated carbocycles. The van der Waals surface area contributed by atoms with Crippen LogP contribution >= 0.6 is 12.6 Å². The van der Waals surface area contributed by atoms with Crippen molar-refractivity contribution in [2.45, 2.75) is 4.90 Å². The summed E-state index contributed by atoms with van der Waals surface area (Å²) in [5, 5.41) is 25.9. The predicted molar refractivity (Wildman–Crippen MR) is 53.6 cm³/mol. The van der Waals surface area contributed by atoms with E-state index in [1.165, 1.54) is 12.1 Å². The van der Waals surface area contributed by atoms with Gasteiger partial charge in [-0.2, -0.15) is 15.8 Å². The van der Waals surface area contributed by atoms with E-state index in [0.717, 1.165) is 0 Å². The van der Waals surface area contributed by atoms with Crippen molar-refractivity contribution in [2.75, 3.05) is 0 Å². The minimum absolute atomic E-state index is 0. The third kappa shape index (κ3) is 2.51. The minimum atomic E-state index is 0. The van der Waals surface area contributed by atoms with Gasteiger partial charge in [-0.15, -0.1) is 12.6 Å². The Balaban J connectivity index is 0.00000169. The number of rotatable bonds is 0. The topological polar surface area (TPSA) is 71.4 Å². The summed E-state index contributed by atoms with van der Waals surface area (Å²) in [6.45, 7) is 0. The number of nitrogens with zero attached hydrogens (tertiary/aromatic N) is 3. The first-order valence-corrected chi connectivity index (χ1v) is 3.75. The zero-order valence-corrected chi connectivity index (χ0v) is 10.3.